The fourth-order valence-corrected chi connectivity index (χ4v) is 4.50. The summed E-state index contributed by atoms with van der Waals surface area (Å²) in [5.74, 6) is -0.202. The van der Waals surface area contributed by atoms with Crippen LogP contribution in [0, 0.1) is 11.8 Å². The van der Waals surface area contributed by atoms with Crippen LogP contribution in [0.3, 0.4) is 0 Å². The zero-order valence-electron chi connectivity index (χ0n) is 15.0. The average Bonchev–Trinajstić information content (AvgIpc) is 3.40. The topological polar surface area (TPSA) is 55.8 Å². The first-order valence-corrected chi connectivity index (χ1v) is 9.27. The van der Waals surface area contributed by atoms with Crippen molar-refractivity contribution >= 4 is 24.3 Å². The van der Waals surface area contributed by atoms with Crippen molar-refractivity contribution in [2.75, 3.05) is 13.7 Å². The molecule has 26 heavy (non-hydrogen) atoms. The van der Waals surface area contributed by atoms with Gasteiger partial charge in [-0.2, -0.15) is 0 Å². The summed E-state index contributed by atoms with van der Waals surface area (Å²) in [6, 6.07) is 9.54. The summed E-state index contributed by atoms with van der Waals surface area (Å²) in [6.45, 7) is 1.07. The number of carbonyl (C=O) groups is 2. The lowest BCUT2D eigenvalue weighted by atomic mass is 9.87. The normalized spacial score (nSPS) is 30.3. The van der Waals surface area contributed by atoms with Crippen molar-refractivity contribution in [1.82, 2.24) is 4.90 Å². The van der Waals surface area contributed by atoms with Crippen LogP contribution >= 0.6 is 12.4 Å². The lowest BCUT2D eigenvalue weighted by Crippen LogP contribution is -2.55. The fraction of sp³-hybridized carbons (Fsp3) is 0.600. The number of piperidine rings is 1. The third kappa shape index (κ3) is 3.74. The minimum Gasteiger partial charge on any atom is -0.469 e. The van der Waals surface area contributed by atoms with Crippen LogP contribution < -0.4 is 0 Å². The van der Waals surface area contributed by atoms with Gasteiger partial charge in [-0.15, -0.1) is 12.4 Å². The summed E-state index contributed by atoms with van der Waals surface area (Å²) in [5.41, 5.74) is 0.527. The van der Waals surface area contributed by atoms with E-state index in [1.54, 1.807) is 12.1 Å². The zero-order valence-corrected chi connectivity index (χ0v) is 15.8. The molecule has 0 amide bonds. The molecule has 4 atom stereocenters. The lowest BCUT2D eigenvalue weighted by molar-refractivity contribution is -0.156. The molecule has 3 aliphatic rings. The van der Waals surface area contributed by atoms with Crippen molar-refractivity contribution in [2.45, 2.75) is 50.3 Å². The van der Waals surface area contributed by atoms with Crippen LogP contribution in [0.25, 0.3) is 0 Å². The van der Waals surface area contributed by atoms with Crippen molar-refractivity contribution in [3.05, 3.63) is 35.9 Å². The standard InChI is InChI=1S/C20H25NO4.ClH/c1-24-20(23)18-16-10-9-15(21(16)12-13-7-8-13)11-17(18)25-19(22)14-5-3-2-4-6-14;/h2-6,13,15-18H,7-12H2,1H3;1H/t15?,16-,17?,18?;/m1./s1. The van der Waals surface area contributed by atoms with Crippen molar-refractivity contribution < 1.29 is 19.1 Å². The average molecular weight is 380 g/mol. The highest BCUT2D eigenvalue weighted by Gasteiger charge is 2.53. The quantitative estimate of drug-likeness (QED) is 0.736. The monoisotopic (exact) mass is 379 g/mol. The summed E-state index contributed by atoms with van der Waals surface area (Å²) in [5, 5.41) is 0. The minimum absolute atomic E-state index is 0. The van der Waals surface area contributed by atoms with Crippen LogP contribution in [0.15, 0.2) is 30.3 Å². The molecule has 2 aliphatic heterocycles. The molecule has 1 aromatic carbocycles. The van der Waals surface area contributed by atoms with Crippen molar-refractivity contribution in [2.24, 2.45) is 11.8 Å². The Bertz CT molecular complexity index is 648. The van der Waals surface area contributed by atoms with E-state index in [4.69, 9.17) is 9.47 Å². The van der Waals surface area contributed by atoms with E-state index >= 15 is 0 Å². The number of hydrogen-bond acceptors (Lipinski definition) is 5. The summed E-state index contributed by atoms with van der Waals surface area (Å²) in [7, 11) is 1.42. The largest absolute Gasteiger partial charge is 0.469 e. The van der Waals surface area contributed by atoms with Crippen LogP contribution in [-0.4, -0.2) is 48.7 Å². The molecule has 0 radical (unpaired) electrons. The van der Waals surface area contributed by atoms with Gasteiger partial charge in [-0.25, -0.2) is 4.79 Å². The van der Waals surface area contributed by atoms with Gasteiger partial charge in [0.1, 0.15) is 12.0 Å². The highest BCUT2D eigenvalue weighted by molar-refractivity contribution is 5.89. The Morgan fingerprint density at radius 1 is 1.12 bits per heavy atom. The Morgan fingerprint density at radius 2 is 1.85 bits per heavy atom. The maximum atomic E-state index is 12.5. The molecule has 0 N–H and O–H groups in total. The number of ether oxygens (including phenoxy) is 2. The number of hydrogen-bond donors (Lipinski definition) is 0. The molecule has 2 heterocycles. The lowest BCUT2D eigenvalue weighted by Gasteiger charge is -2.42. The summed E-state index contributed by atoms with van der Waals surface area (Å²) < 4.78 is 10.9. The predicted molar refractivity (Wildman–Crippen MR) is 99.3 cm³/mol. The molecule has 5 nitrogen and oxygen atoms in total. The SMILES string of the molecule is COC(=O)C1C(OC(=O)c2ccccc2)CC2CC[C@H]1N2CC1CC1.Cl. The Balaban J connectivity index is 0.00000196. The van der Waals surface area contributed by atoms with Gasteiger partial charge in [-0.1, -0.05) is 18.2 Å². The third-order valence-electron chi connectivity index (χ3n) is 5.92. The molecule has 6 heteroatoms. The second-order valence-corrected chi connectivity index (χ2v) is 7.53. The molecule has 3 unspecified atom stereocenters. The fourth-order valence-electron chi connectivity index (χ4n) is 4.50. The molecule has 2 bridgehead atoms. The first kappa shape index (κ1) is 19.2. The van der Waals surface area contributed by atoms with Gasteiger partial charge in [-0.05, 0) is 43.7 Å². The molecule has 1 aromatic rings. The highest BCUT2D eigenvalue weighted by Crippen LogP contribution is 2.44. The molecule has 142 valence electrons. The Hall–Kier alpha value is -1.59. The molecule has 3 fully saturated rings. The molecule has 4 rings (SSSR count). The summed E-state index contributed by atoms with van der Waals surface area (Å²) in [6.07, 6.45) is 4.98. The second-order valence-electron chi connectivity index (χ2n) is 7.53. The zero-order chi connectivity index (χ0) is 17.4. The Morgan fingerprint density at radius 3 is 2.50 bits per heavy atom. The number of rotatable bonds is 5. The van der Waals surface area contributed by atoms with Gasteiger partial charge < -0.3 is 9.47 Å². The minimum atomic E-state index is -0.395. The van der Waals surface area contributed by atoms with E-state index in [-0.39, 0.29) is 36.3 Å². The van der Waals surface area contributed by atoms with Crippen molar-refractivity contribution in [3.63, 3.8) is 0 Å². The third-order valence-corrected chi connectivity index (χ3v) is 5.92. The molecule has 1 saturated carbocycles. The summed E-state index contributed by atoms with van der Waals surface area (Å²) in [4.78, 5) is 27.5. The number of methoxy groups -OCH3 is 1. The van der Waals surface area contributed by atoms with Gasteiger partial charge in [0.25, 0.3) is 0 Å². The molecular weight excluding hydrogens is 354 g/mol. The second kappa shape index (κ2) is 7.97. The molecule has 1 aliphatic carbocycles. The number of halogens is 1. The first-order chi connectivity index (χ1) is 12.2. The maximum absolute atomic E-state index is 12.5. The van der Waals surface area contributed by atoms with Gasteiger partial charge in [0.2, 0.25) is 0 Å². The molecular formula is C20H26ClNO4. The van der Waals surface area contributed by atoms with Crippen molar-refractivity contribution in [1.29, 1.82) is 0 Å². The van der Waals surface area contributed by atoms with Gasteiger partial charge in [0, 0.05) is 25.0 Å². The van der Waals surface area contributed by atoms with Gasteiger partial charge in [0.05, 0.1) is 12.7 Å². The van der Waals surface area contributed by atoms with Crippen molar-refractivity contribution in [3.8, 4) is 0 Å². The highest BCUT2D eigenvalue weighted by atomic mass is 35.5. The number of fused-ring (bicyclic) bond motifs is 2. The smallest absolute Gasteiger partial charge is 0.338 e. The summed E-state index contributed by atoms with van der Waals surface area (Å²) >= 11 is 0. The van der Waals surface area contributed by atoms with Gasteiger partial charge in [-0.3, -0.25) is 9.69 Å². The Labute approximate surface area is 160 Å². The van der Waals surface area contributed by atoms with Crippen LogP contribution in [0.1, 0.15) is 42.5 Å². The van der Waals surface area contributed by atoms with Crippen LogP contribution in [0.2, 0.25) is 0 Å². The van der Waals surface area contributed by atoms with E-state index in [9.17, 15) is 9.59 Å². The van der Waals surface area contributed by atoms with E-state index in [2.05, 4.69) is 4.90 Å². The van der Waals surface area contributed by atoms with E-state index in [1.165, 1.54) is 20.0 Å². The number of benzene rings is 1. The van der Waals surface area contributed by atoms with Gasteiger partial charge >= 0.3 is 11.9 Å². The first-order valence-electron chi connectivity index (χ1n) is 9.27. The van der Waals surface area contributed by atoms with E-state index in [0.717, 1.165) is 31.7 Å². The Kier molecular flexibility index (Phi) is 5.88. The van der Waals surface area contributed by atoms with E-state index in [1.807, 2.05) is 18.2 Å². The van der Waals surface area contributed by atoms with Crippen LogP contribution in [0.5, 0.6) is 0 Å². The van der Waals surface area contributed by atoms with Gasteiger partial charge in [0.15, 0.2) is 0 Å². The predicted octanol–water partition coefficient (Wildman–Crippen LogP) is 3.07. The molecule has 0 aromatic heterocycles. The number of carbonyl (C=O) groups excluding carboxylic acids is 2. The van der Waals surface area contributed by atoms with Crippen LogP contribution in [-0.2, 0) is 14.3 Å². The number of nitrogens with zero attached hydrogens (tertiary/aromatic N) is 1. The van der Waals surface area contributed by atoms with Crippen LogP contribution in [0.4, 0.5) is 0 Å². The number of esters is 2. The van der Waals surface area contributed by atoms with E-state index < -0.39 is 6.10 Å². The molecule has 0 spiro atoms. The van der Waals surface area contributed by atoms with E-state index in [0.29, 0.717) is 11.6 Å². The molecule has 2 saturated heterocycles. The maximum Gasteiger partial charge on any atom is 0.338 e.